The van der Waals surface area contributed by atoms with Gasteiger partial charge in [0.1, 0.15) is 0 Å². The van der Waals surface area contributed by atoms with Crippen LogP contribution < -0.4 is 29.6 Å². The average Bonchev–Trinajstić information content (AvgIpc) is 2.98. The summed E-state index contributed by atoms with van der Waals surface area (Å²) in [5.74, 6) is 0.566. The molecule has 3 rings (SSSR count). The van der Waals surface area contributed by atoms with Crippen LogP contribution in [0.25, 0.3) is 0 Å². The van der Waals surface area contributed by atoms with E-state index in [1.807, 2.05) is 0 Å². The molecular weight excluding hydrogens is 347 g/mol. The Bertz CT molecular complexity index is 484. The van der Waals surface area contributed by atoms with Gasteiger partial charge in [0, 0.05) is 12.0 Å². The van der Waals surface area contributed by atoms with Crippen molar-refractivity contribution in [1.82, 2.24) is 0 Å². The molecular formula is C15H22BrNaO2S. The maximum Gasteiger partial charge on any atom is 1.00 e. The molecule has 0 aromatic carbocycles. The van der Waals surface area contributed by atoms with Crippen molar-refractivity contribution in [3.8, 4) is 0 Å². The fourth-order valence-electron chi connectivity index (χ4n) is 3.42. The number of hydrogen-bond donors (Lipinski definition) is 0. The predicted molar refractivity (Wildman–Crippen MR) is 82.6 cm³/mol. The Morgan fingerprint density at radius 1 is 1.55 bits per heavy atom. The molecule has 108 valence electrons. The quantitative estimate of drug-likeness (QED) is 0.755. The molecule has 1 aromatic heterocycles. The minimum absolute atomic E-state index is 0. The summed E-state index contributed by atoms with van der Waals surface area (Å²) < 4.78 is 13.8. The van der Waals surface area contributed by atoms with Gasteiger partial charge in [0.15, 0.2) is 0 Å². The fourth-order valence-corrected chi connectivity index (χ4v) is 4.62. The zero-order chi connectivity index (χ0) is 13.7. The normalized spacial score (nSPS) is 35.5. The van der Waals surface area contributed by atoms with E-state index in [9.17, 15) is 0 Å². The van der Waals surface area contributed by atoms with Gasteiger partial charge in [-0.1, -0.05) is 13.8 Å². The van der Waals surface area contributed by atoms with Gasteiger partial charge in [-0.3, -0.25) is 0 Å². The summed E-state index contributed by atoms with van der Waals surface area (Å²) in [5.41, 5.74) is 1.23. The van der Waals surface area contributed by atoms with E-state index >= 15 is 0 Å². The van der Waals surface area contributed by atoms with Crippen molar-refractivity contribution in [3.05, 3.63) is 20.8 Å². The van der Waals surface area contributed by atoms with Crippen LogP contribution in [-0.4, -0.2) is 17.3 Å². The molecule has 2 fully saturated rings. The van der Waals surface area contributed by atoms with E-state index in [0.29, 0.717) is 12.5 Å². The number of hydrogen-bond acceptors (Lipinski definition) is 3. The Morgan fingerprint density at radius 2 is 2.30 bits per heavy atom. The van der Waals surface area contributed by atoms with E-state index in [2.05, 4.69) is 48.1 Å². The Kier molecular flexibility index (Phi) is 5.50. The van der Waals surface area contributed by atoms with Gasteiger partial charge in [0.25, 0.3) is 0 Å². The van der Waals surface area contributed by atoms with Crippen LogP contribution in [0.2, 0.25) is 0 Å². The minimum atomic E-state index is -0.0766. The van der Waals surface area contributed by atoms with Gasteiger partial charge in [-0.25, -0.2) is 0 Å². The van der Waals surface area contributed by atoms with Crippen molar-refractivity contribution >= 4 is 27.3 Å². The molecule has 0 spiro atoms. The van der Waals surface area contributed by atoms with Gasteiger partial charge < -0.3 is 10.9 Å². The molecule has 2 aliphatic heterocycles. The Balaban J connectivity index is 0.00000110. The van der Waals surface area contributed by atoms with Crippen LogP contribution >= 0.6 is 27.3 Å². The second kappa shape index (κ2) is 6.31. The van der Waals surface area contributed by atoms with Crippen LogP contribution in [0.5, 0.6) is 0 Å². The summed E-state index contributed by atoms with van der Waals surface area (Å²) in [5, 5.41) is 2.09. The van der Waals surface area contributed by atoms with Gasteiger partial charge in [-0.05, 0) is 53.1 Å². The van der Waals surface area contributed by atoms with Gasteiger partial charge in [0.05, 0.1) is 27.7 Å². The smallest absolute Gasteiger partial charge is 1.00 e. The Labute approximate surface area is 157 Å². The Morgan fingerprint density at radius 3 is 2.85 bits per heavy atom. The molecule has 0 amide bonds. The number of halogens is 1. The van der Waals surface area contributed by atoms with Gasteiger partial charge in [-0.15, -0.1) is 11.3 Å². The van der Waals surface area contributed by atoms with Gasteiger partial charge in [-0.2, -0.15) is 0 Å². The summed E-state index contributed by atoms with van der Waals surface area (Å²) in [4.78, 5) is 0. The third kappa shape index (κ3) is 2.94. The molecule has 0 radical (unpaired) electrons. The SMILES string of the molecule is CC(C)C12CCC(C)(O1)C(OCc1ccsc1Br)C2.[H-].[Na+]. The van der Waals surface area contributed by atoms with Gasteiger partial charge >= 0.3 is 29.6 Å². The number of thiophene rings is 1. The molecule has 20 heavy (non-hydrogen) atoms. The van der Waals surface area contributed by atoms with Gasteiger partial charge in [0.2, 0.25) is 0 Å². The van der Waals surface area contributed by atoms with Crippen LogP contribution in [0.3, 0.4) is 0 Å². The number of ether oxygens (including phenoxy) is 2. The topological polar surface area (TPSA) is 18.5 Å². The molecule has 5 heteroatoms. The second-order valence-electron chi connectivity index (χ2n) is 6.36. The van der Waals surface area contributed by atoms with E-state index in [-0.39, 0.29) is 48.3 Å². The average molecular weight is 369 g/mol. The fraction of sp³-hybridized carbons (Fsp3) is 0.733. The first-order valence-corrected chi connectivity index (χ1v) is 8.66. The minimum Gasteiger partial charge on any atom is -1.00 e. The van der Waals surface area contributed by atoms with E-state index in [0.717, 1.165) is 12.8 Å². The molecule has 3 heterocycles. The molecule has 3 atom stereocenters. The first kappa shape index (κ1) is 17.5. The molecule has 2 bridgehead atoms. The van der Waals surface area contributed by atoms with Crippen molar-refractivity contribution in [2.45, 2.75) is 63.9 Å². The first-order chi connectivity index (χ1) is 8.95. The van der Waals surface area contributed by atoms with Crippen molar-refractivity contribution in [2.24, 2.45) is 5.92 Å². The van der Waals surface area contributed by atoms with E-state index in [4.69, 9.17) is 9.47 Å². The third-order valence-corrected chi connectivity index (χ3v) is 6.69. The van der Waals surface area contributed by atoms with E-state index < -0.39 is 0 Å². The first-order valence-electron chi connectivity index (χ1n) is 6.99. The molecule has 0 saturated carbocycles. The summed E-state index contributed by atoms with van der Waals surface area (Å²) in [6, 6.07) is 2.13. The van der Waals surface area contributed by atoms with E-state index in [1.54, 1.807) is 11.3 Å². The Hall–Kier alpha value is 1.10. The molecule has 0 aliphatic carbocycles. The molecule has 2 saturated heterocycles. The summed E-state index contributed by atoms with van der Waals surface area (Å²) in [6.07, 6.45) is 3.59. The predicted octanol–water partition coefficient (Wildman–Crippen LogP) is 1.88. The zero-order valence-corrected chi connectivity index (χ0v) is 17.1. The molecule has 1 aromatic rings. The maximum absolute atomic E-state index is 6.39. The zero-order valence-electron chi connectivity index (χ0n) is 13.7. The monoisotopic (exact) mass is 368 g/mol. The number of fused-ring (bicyclic) bond motifs is 2. The molecule has 2 nitrogen and oxygen atoms in total. The summed E-state index contributed by atoms with van der Waals surface area (Å²) in [6.45, 7) is 7.44. The summed E-state index contributed by atoms with van der Waals surface area (Å²) in [7, 11) is 0. The summed E-state index contributed by atoms with van der Waals surface area (Å²) >= 11 is 5.28. The van der Waals surface area contributed by atoms with Crippen LogP contribution in [-0.2, 0) is 16.1 Å². The molecule has 0 N–H and O–H groups in total. The standard InChI is InChI=1S/C15H21BrO2S.Na.H/c1-10(2)15-6-5-14(3,18-15)12(8-15)17-9-11-4-7-19-13(11)16;;/h4,7,10,12H,5-6,8-9H2,1-3H3;;/q;+1;-1. The molecule has 2 aliphatic rings. The van der Waals surface area contributed by atoms with Crippen molar-refractivity contribution < 1.29 is 40.5 Å². The van der Waals surface area contributed by atoms with Crippen LogP contribution in [0, 0.1) is 5.92 Å². The van der Waals surface area contributed by atoms with Crippen molar-refractivity contribution in [3.63, 3.8) is 0 Å². The van der Waals surface area contributed by atoms with Crippen LogP contribution in [0.4, 0.5) is 0 Å². The van der Waals surface area contributed by atoms with E-state index in [1.165, 1.54) is 15.8 Å². The van der Waals surface area contributed by atoms with Crippen LogP contribution in [0.15, 0.2) is 15.2 Å². The number of rotatable bonds is 4. The third-order valence-electron chi connectivity index (χ3n) is 4.88. The second-order valence-corrected chi connectivity index (χ2v) is 8.59. The molecule has 3 unspecified atom stereocenters. The maximum atomic E-state index is 6.39. The largest absolute Gasteiger partial charge is 1.00 e. The van der Waals surface area contributed by atoms with Crippen molar-refractivity contribution in [1.29, 1.82) is 0 Å². The van der Waals surface area contributed by atoms with Crippen LogP contribution in [0.1, 0.15) is 47.0 Å². The van der Waals surface area contributed by atoms with Crippen molar-refractivity contribution in [2.75, 3.05) is 0 Å².